The third-order valence-electron chi connectivity index (χ3n) is 5.67. The van der Waals surface area contributed by atoms with Gasteiger partial charge in [-0.05, 0) is 62.4 Å². The summed E-state index contributed by atoms with van der Waals surface area (Å²) in [5, 5.41) is 3.79. The average molecular weight is 280 g/mol. The van der Waals surface area contributed by atoms with Gasteiger partial charge in [-0.25, -0.2) is 0 Å². The Morgan fingerprint density at radius 1 is 1.05 bits per heavy atom. The smallest absolute Gasteiger partial charge is 0.0472 e. The molecule has 1 aliphatic carbocycles. The van der Waals surface area contributed by atoms with Crippen LogP contribution in [0.1, 0.15) is 52.4 Å². The molecule has 1 N–H and O–H groups in total. The maximum atomic E-state index is 5.62. The quantitative estimate of drug-likeness (QED) is 0.838. The first-order chi connectivity index (χ1) is 9.57. The van der Waals surface area contributed by atoms with Crippen molar-refractivity contribution in [3.05, 3.63) is 0 Å². The molecule has 20 heavy (non-hydrogen) atoms. The van der Waals surface area contributed by atoms with Crippen LogP contribution in [0.5, 0.6) is 0 Å². The lowest BCUT2D eigenvalue weighted by molar-refractivity contribution is -0.0136. The third kappa shape index (κ3) is 3.96. The van der Waals surface area contributed by atoms with Gasteiger partial charge in [-0.2, -0.15) is 0 Å². The average Bonchev–Trinajstić information content (AvgIpc) is 3.25. The van der Waals surface area contributed by atoms with Gasteiger partial charge in [0.05, 0.1) is 0 Å². The predicted octanol–water partition coefficient (Wildman–Crippen LogP) is 2.66. The van der Waals surface area contributed by atoms with Crippen LogP contribution in [-0.2, 0) is 4.74 Å². The maximum Gasteiger partial charge on any atom is 0.0472 e. The Bertz CT molecular complexity index is 309. The zero-order valence-electron chi connectivity index (χ0n) is 13.4. The van der Waals surface area contributed by atoms with E-state index in [1.807, 2.05) is 0 Å². The summed E-state index contributed by atoms with van der Waals surface area (Å²) < 4.78 is 5.62. The van der Waals surface area contributed by atoms with E-state index in [4.69, 9.17) is 4.74 Å². The Balaban J connectivity index is 1.54. The summed E-state index contributed by atoms with van der Waals surface area (Å²) in [7, 11) is 0. The topological polar surface area (TPSA) is 24.5 Å². The van der Waals surface area contributed by atoms with Gasteiger partial charge in [-0.1, -0.05) is 13.8 Å². The first-order valence-corrected chi connectivity index (χ1v) is 8.61. The standard InChI is InChI=1S/C17H32N2O/c1-16(2)5-9-19(10-6-16)14-17(7-11-20-12-8-17)13-18-15-3-4-15/h15,18H,3-14H2,1-2H3. The molecule has 0 radical (unpaired) electrons. The van der Waals surface area contributed by atoms with Crippen molar-refractivity contribution in [1.82, 2.24) is 10.2 Å². The summed E-state index contributed by atoms with van der Waals surface area (Å²) in [6, 6.07) is 0.829. The normalized spacial score (nSPS) is 30.3. The number of piperidine rings is 1. The molecule has 3 aliphatic rings. The third-order valence-corrected chi connectivity index (χ3v) is 5.67. The van der Waals surface area contributed by atoms with E-state index in [9.17, 15) is 0 Å². The van der Waals surface area contributed by atoms with Gasteiger partial charge in [0.25, 0.3) is 0 Å². The molecule has 0 aromatic heterocycles. The molecule has 116 valence electrons. The van der Waals surface area contributed by atoms with Crippen molar-refractivity contribution in [3.63, 3.8) is 0 Å². The molecule has 2 saturated heterocycles. The van der Waals surface area contributed by atoms with Crippen LogP contribution in [0.3, 0.4) is 0 Å². The molecule has 3 nitrogen and oxygen atoms in total. The second-order valence-electron chi connectivity index (χ2n) is 8.21. The summed E-state index contributed by atoms with van der Waals surface area (Å²) in [5.41, 5.74) is 1.04. The highest BCUT2D eigenvalue weighted by Crippen LogP contribution is 2.36. The van der Waals surface area contributed by atoms with Gasteiger partial charge in [0, 0.05) is 32.3 Å². The maximum absolute atomic E-state index is 5.62. The zero-order valence-corrected chi connectivity index (χ0v) is 13.4. The van der Waals surface area contributed by atoms with E-state index in [1.54, 1.807) is 0 Å². The van der Waals surface area contributed by atoms with Gasteiger partial charge in [0.2, 0.25) is 0 Å². The van der Waals surface area contributed by atoms with E-state index in [-0.39, 0.29) is 0 Å². The highest BCUT2D eigenvalue weighted by Gasteiger charge is 2.37. The lowest BCUT2D eigenvalue weighted by Gasteiger charge is -2.45. The van der Waals surface area contributed by atoms with Crippen molar-refractivity contribution in [1.29, 1.82) is 0 Å². The zero-order chi connectivity index (χ0) is 14.1. The second kappa shape index (κ2) is 5.94. The number of nitrogens with zero attached hydrogens (tertiary/aromatic N) is 1. The SMILES string of the molecule is CC1(C)CCN(CC2(CNC3CC3)CCOCC2)CC1. The molecule has 3 heteroatoms. The molecule has 3 rings (SSSR count). The molecule has 0 bridgehead atoms. The van der Waals surface area contributed by atoms with E-state index in [2.05, 4.69) is 24.1 Å². The largest absolute Gasteiger partial charge is 0.381 e. The first-order valence-electron chi connectivity index (χ1n) is 8.61. The van der Waals surface area contributed by atoms with Crippen molar-refractivity contribution in [2.24, 2.45) is 10.8 Å². The van der Waals surface area contributed by atoms with Gasteiger partial charge in [0.1, 0.15) is 0 Å². The fraction of sp³-hybridized carbons (Fsp3) is 1.00. The first kappa shape index (κ1) is 14.8. The molecule has 2 aliphatic heterocycles. The fourth-order valence-electron chi connectivity index (χ4n) is 3.63. The van der Waals surface area contributed by atoms with Crippen LogP contribution in [0.2, 0.25) is 0 Å². The Hall–Kier alpha value is -0.120. The van der Waals surface area contributed by atoms with Gasteiger partial charge in [-0.15, -0.1) is 0 Å². The molecule has 0 aromatic carbocycles. The van der Waals surface area contributed by atoms with Crippen molar-refractivity contribution in [2.45, 2.75) is 58.4 Å². The fourth-order valence-corrected chi connectivity index (χ4v) is 3.63. The molecule has 0 atom stereocenters. The van der Waals surface area contributed by atoms with Crippen LogP contribution in [0.15, 0.2) is 0 Å². The molecule has 2 heterocycles. The molecule has 3 fully saturated rings. The predicted molar refractivity (Wildman–Crippen MR) is 83.0 cm³/mol. The van der Waals surface area contributed by atoms with Crippen LogP contribution in [0.25, 0.3) is 0 Å². The molecule has 0 amide bonds. The number of hydrogen-bond donors (Lipinski definition) is 1. The van der Waals surface area contributed by atoms with Gasteiger partial charge in [0.15, 0.2) is 0 Å². The number of likely N-dealkylation sites (tertiary alicyclic amines) is 1. The molecular formula is C17H32N2O. The second-order valence-corrected chi connectivity index (χ2v) is 8.21. The summed E-state index contributed by atoms with van der Waals surface area (Å²) >= 11 is 0. The number of nitrogens with one attached hydrogen (secondary N) is 1. The van der Waals surface area contributed by atoms with Gasteiger partial charge >= 0.3 is 0 Å². The van der Waals surface area contributed by atoms with Crippen molar-refractivity contribution in [3.8, 4) is 0 Å². The molecule has 1 saturated carbocycles. The summed E-state index contributed by atoms with van der Waals surface area (Å²) in [4.78, 5) is 2.73. The minimum Gasteiger partial charge on any atom is -0.381 e. The molecule has 0 spiro atoms. The number of hydrogen-bond acceptors (Lipinski definition) is 3. The molecule has 0 unspecified atom stereocenters. The minimum absolute atomic E-state index is 0.475. The highest BCUT2D eigenvalue weighted by molar-refractivity contribution is 4.92. The van der Waals surface area contributed by atoms with E-state index in [1.165, 1.54) is 64.7 Å². The summed E-state index contributed by atoms with van der Waals surface area (Å²) in [5.74, 6) is 0. The molecule has 0 aromatic rings. The summed E-state index contributed by atoms with van der Waals surface area (Å²) in [6.07, 6.45) is 7.99. The van der Waals surface area contributed by atoms with Gasteiger partial charge < -0.3 is 15.0 Å². The lowest BCUT2D eigenvalue weighted by atomic mass is 9.77. The van der Waals surface area contributed by atoms with Crippen LogP contribution in [-0.4, -0.2) is 50.3 Å². The van der Waals surface area contributed by atoms with E-state index in [0.29, 0.717) is 10.8 Å². The van der Waals surface area contributed by atoms with E-state index in [0.717, 1.165) is 19.3 Å². The number of ether oxygens (including phenoxy) is 1. The van der Waals surface area contributed by atoms with Gasteiger partial charge in [-0.3, -0.25) is 0 Å². The Kier molecular flexibility index (Phi) is 4.40. The van der Waals surface area contributed by atoms with Crippen LogP contribution in [0.4, 0.5) is 0 Å². The van der Waals surface area contributed by atoms with Crippen LogP contribution >= 0.6 is 0 Å². The van der Waals surface area contributed by atoms with Crippen molar-refractivity contribution in [2.75, 3.05) is 39.4 Å². The minimum atomic E-state index is 0.475. The Labute approximate surface area is 124 Å². The monoisotopic (exact) mass is 280 g/mol. The van der Waals surface area contributed by atoms with E-state index >= 15 is 0 Å². The Morgan fingerprint density at radius 2 is 1.70 bits per heavy atom. The van der Waals surface area contributed by atoms with Crippen molar-refractivity contribution >= 4 is 0 Å². The van der Waals surface area contributed by atoms with E-state index < -0.39 is 0 Å². The number of rotatable bonds is 5. The van der Waals surface area contributed by atoms with Crippen LogP contribution in [0, 0.1) is 10.8 Å². The van der Waals surface area contributed by atoms with Crippen molar-refractivity contribution < 1.29 is 4.74 Å². The molecular weight excluding hydrogens is 248 g/mol. The lowest BCUT2D eigenvalue weighted by Crippen LogP contribution is -2.50. The van der Waals surface area contributed by atoms with Crippen LogP contribution < -0.4 is 5.32 Å². The summed E-state index contributed by atoms with van der Waals surface area (Å²) in [6.45, 7) is 11.8. The Morgan fingerprint density at radius 3 is 2.30 bits per heavy atom. The highest BCUT2D eigenvalue weighted by atomic mass is 16.5.